The number of nitrogens with one attached hydrogen (secondary N) is 1. The molecule has 0 spiro atoms. The van der Waals surface area contributed by atoms with Crippen LogP contribution in [0.1, 0.15) is 30.5 Å². The molecule has 1 aliphatic rings. The summed E-state index contributed by atoms with van der Waals surface area (Å²) in [6.07, 6.45) is 2.69. The van der Waals surface area contributed by atoms with Crippen molar-refractivity contribution in [1.29, 1.82) is 0 Å². The summed E-state index contributed by atoms with van der Waals surface area (Å²) >= 11 is 0. The highest BCUT2D eigenvalue weighted by atomic mass is 19.4. The van der Waals surface area contributed by atoms with Gasteiger partial charge in [0, 0.05) is 25.3 Å². The van der Waals surface area contributed by atoms with Crippen LogP contribution in [0.2, 0.25) is 0 Å². The number of aromatic nitrogens is 3. The average molecular weight is 378 g/mol. The van der Waals surface area contributed by atoms with Gasteiger partial charge >= 0.3 is 6.18 Å². The number of rotatable bonds is 6. The predicted octanol–water partition coefficient (Wildman–Crippen LogP) is 3.30. The molecule has 1 aliphatic carbocycles. The first-order chi connectivity index (χ1) is 12.9. The van der Waals surface area contributed by atoms with Crippen molar-refractivity contribution in [1.82, 2.24) is 15.0 Å². The van der Waals surface area contributed by atoms with Gasteiger partial charge in [0.15, 0.2) is 6.61 Å². The molecule has 1 fully saturated rings. The zero-order valence-corrected chi connectivity index (χ0v) is 14.3. The lowest BCUT2D eigenvalue weighted by atomic mass is 9.74. The van der Waals surface area contributed by atoms with Crippen molar-refractivity contribution in [2.75, 3.05) is 11.9 Å². The summed E-state index contributed by atoms with van der Waals surface area (Å²) in [5.74, 6) is -0.0113. The fourth-order valence-corrected chi connectivity index (χ4v) is 2.72. The van der Waals surface area contributed by atoms with Crippen molar-refractivity contribution in [2.24, 2.45) is 10.2 Å². The second kappa shape index (κ2) is 7.68. The largest absolute Gasteiger partial charge is 0.466 e. The summed E-state index contributed by atoms with van der Waals surface area (Å²) in [6.45, 7) is 1.63. The molecule has 3 rings (SSSR count). The first kappa shape index (κ1) is 18.7. The number of nitrogens with zero attached hydrogens (tertiary/aromatic N) is 5. The highest BCUT2D eigenvalue weighted by Crippen LogP contribution is 2.42. The Morgan fingerprint density at radius 1 is 1.22 bits per heavy atom. The third-order valence-corrected chi connectivity index (χ3v) is 4.15. The first-order valence-corrected chi connectivity index (χ1v) is 8.17. The molecule has 0 bridgehead atoms. The Labute approximate surface area is 153 Å². The standard InChI is InChI=1S/C17H17F3N6O/c1-21-26-14(27-11-17(18,19)20)12-9-23-15(24-10-12)25-16(6-4-7-16)13-5-2-3-8-22-13/h2-3,5,8-10H,1,4,6-7,11H2,(H,23,24,25)/b26-14-. The lowest BCUT2D eigenvalue weighted by Gasteiger charge is -2.42. The number of pyridine rings is 1. The Kier molecular flexibility index (Phi) is 5.33. The Balaban J connectivity index is 1.74. The number of hydrogen-bond donors (Lipinski definition) is 1. The zero-order chi connectivity index (χ0) is 19.3. The molecule has 0 amide bonds. The first-order valence-electron chi connectivity index (χ1n) is 8.17. The molecular weight excluding hydrogens is 361 g/mol. The lowest BCUT2D eigenvalue weighted by Crippen LogP contribution is -2.43. The fraction of sp³-hybridized carbons (Fsp3) is 0.353. The number of ether oxygens (including phenoxy) is 1. The van der Waals surface area contributed by atoms with Crippen molar-refractivity contribution >= 4 is 18.6 Å². The Morgan fingerprint density at radius 2 is 1.96 bits per heavy atom. The van der Waals surface area contributed by atoms with Crippen molar-refractivity contribution in [3.05, 3.63) is 48.0 Å². The van der Waals surface area contributed by atoms with Crippen molar-refractivity contribution in [3.63, 3.8) is 0 Å². The van der Waals surface area contributed by atoms with Gasteiger partial charge in [-0.1, -0.05) is 6.07 Å². The smallest absolute Gasteiger partial charge is 0.422 e. The molecular formula is C17H17F3N6O. The molecule has 10 heteroatoms. The summed E-state index contributed by atoms with van der Waals surface area (Å²) in [5, 5.41) is 9.98. The molecule has 0 radical (unpaired) electrons. The Bertz CT molecular complexity index is 804. The Hall–Kier alpha value is -3.04. The van der Waals surface area contributed by atoms with E-state index in [1.54, 1.807) is 6.20 Å². The molecule has 0 unspecified atom stereocenters. The van der Waals surface area contributed by atoms with E-state index in [1.807, 2.05) is 18.2 Å². The van der Waals surface area contributed by atoms with Gasteiger partial charge in [-0.25, -0.2) is 9.97 Å². The van der Waals surface area contributed by atoms with E-state index >= 15 is 0 Å². The highest BCUT2D eigenvalue weighted by Gasteiger charge is 2.40. The zero-order valence-electron chi connectivity index (χ0n) is 14.3. The van der Waals surface area contributed by atoms with E-state index in [4.69, 9.17) is 0 Å². The molecule has 0 aliphatic heterocycles. The van der Waals surface area contributed by atoms with E-state index in [0.717, 1.165) is 25.0 Å². The van der Waals surface area contributed by atoms with Crippen molar-refractivity contribution in [3.8, 4) is 0 Å². The van der Waals surface area contributed by atoms with Gasteiger partial charge in [-0.05, 0) is 31.4 Å². The lowest BCUT2D eigenvalue weighted by molar-refractivity contribution is -0.156. The maximum atomic E-state index is 12.4. The van der Waals surface area contributed by atoms with E-state index in [1.165, 1.54) is 12.4 Å². The minimum atomic E-state index is -4.50. The molecule has 0 atom stereocenters. The predicted molar refractivity (Wildman–Crippen MR) is 93.5 cm³/mol. The second-order valence-electron chi connectivity index (χ2n) is 6.02. The normalized spacial score (nSPS) is 16.3. The average Bonchev–Trinajstić information content (AvgIpc) is 2.62. The SMILES string of the molecule is C=N/N=C(\OCC(F)(F)F)c1cnc(NC2(c3ccccn3)CCC2)nc1. The van der Waals surface area contributed by atoms with Crippen LogP contribution in [0.15, 0.2) is 47.0 Å². The van der Waals surface area contributed by atoms with Crippen LogP contribution < -0.4 is 5.32 Å². The second-order valence-corrected chi connectivity index (χ2v) is 6.02. The van der Waals surface area contributed by atoms with Gasteiger partial charge < -0.3 is 10.1 Å². The molecule has 1 saturated carbocycles. The van der Waals surface area contributed by atoms with E-state index < -0.39 is 12.8 Å². The van der Waals surface area contributed by atoms with Gasteiger partial charge in [0.25, 0.3) is 0 Å². The molecule has 0 aromatic carbocycles. The van der Waals surface area contributed by atoms with Gasteiger partial charge in [0.2, 0.25) is 11.8 Å². The van der Waals surface area contributed by atoms with E-state index in [-0.39, 0.29) is 17.0 Å². The summed E-state index contributed by atoms with van der Waals surface area (Å²) < 4.78 is 41.7. The van der Waals surface area contributed by atoms with Crippen LogP contribution in [0.25, 0.3) is 0 Å². The molecule has 2 heterocycles. The van der Waals surface area contributed by atoms with Gasteiger partial charge in [-0.3, -0.25) is 4.98 Å². The summed E-state index contributed by atoms with van der Waals surface area (Å²) in [5.41, 5.74) is 0.725. The van der Waals surface area contributed by atoms with Gasteiger partial charge in [0.1, 0.15) is 0 Å². The van der Waals surface area contributed by atoms with Crippen LogP contribution in [-0.2, 0) is 10.3 Å². The quantitative estimate of drug-likeness (QED) is 0.474. The fourth-order valence-electron chi connectivity index (χ4n) is 2.72. The number of halogens is 3. The summed E-state index contributed by atoms with van der Waals surface area (Å²) in [4.78, 5) is 12.7. The molecule has 2 aromatic heterocycles. The Morgan fingerprint density at radius 3 is 2.48 bits per heavy atom. The van der Waals surface area contributed by atoms with Crippen LogP contribution in [0.4, 0.5) is 19.1 Å². The highest BCUT2D eigenvalue weighted by molar-refractivity contribution is 5.93. The van der Waals surface area contributed by atoms with Gasteiger partial charge in [-0.15, -0.1) is 5.10 Å². The van der Waals surface area contributed by atoms with Crippen LogP contribution in [0, 0.1) is 0 Å². The van der Waals surface area contributed by atoms with Gasteiger partial charge in [0.05, 0.1) is 16.8 Å². The topological polar surface area (TPSA) is 84.7 Å². The van der Waals surface area contributed by atoms with Crippen LogP contribution in [-0.4, -0.2) is 40.4 Å². The molecule has 0 saturated heterocycles. The maximum Gasteiger partial charge on any atom is 0.422 e. The number of alkyl halides is 3. The molecule has 7 nitrogen and oxygen atoms in total. The van der Waals surface area contributed by atoms with Crippen LogP contribution in [0.5, 0.6) is 0 Å². The molecule has 1 N–H and O–H groups in total. The third-order valence-electron chi connectivity index (χ3n) is 4.15. The summed E-state index contributed by atoms with van der Waals surface area (Å²) in [6, 6.07) is 5.69. The minimum Gasteiger partial charge on any atom is -0.466 e. The van der Waals surface area contributed by atoms with E-state index in [9.17, 15) is 13.2 Å². The van der Waals surface area contributed by atoms with Crippen molar-refractivity contribution < 1.29 is 17.9 Å². The summed E-state index contributed by atoms with van der Waals surface area (Å²) in [7, 11) is 0. The molecule has 2 aromatic rings. The van der Waals surface area contributed by atoms with Crippen molar-refractivity contribution in [2.45, 2.75) is 31.0 Å². The van der Waals surface area contributed by atoms with Crippen LogP contribution >= 0.6 is 0 Å². The van der Waals surface area contributed by atoms with E-state index in [0.29, 0.717) is 5.95 Å². The molecule has 27 heavy (non-hydrogen) atoms. The number of hydrogen-bond acceptors (Lipinski definition) is 7. The minimum absolute atomic E-state index is 0.165. The van der Waals surface area contributed by atoms with Crippen LogP contribution in [0.3, 0.4) is 0 Å². The van der Waals surface area contributed by atoms with Gasteiger partial charge in [-0.2, -0.15) is 18.3 Å². The third kappa shape index (κ3) is 4.57. The monoisotopic (exact) mass is 378 g/mol. The molecule has 142 valence electrons. The van der Waals surface area contributed by atoms with E-state index in [2.05, 4.69) is 41.9 Å². The maximum absolute atomic E-state index is 12.4. The number of anilines is 1.